The zero-order chi connectivity index (χ0) is 29.9. The SMILES string of the molecule is Cc1cc(Cl)cc(C(Cc2ccc(C(C)(C)C)cc2C2CC#CC=CC2)C2=CCCC(C(C)(C)C3=CC=CCC3)C2)c1. The highest BCUT2D eigenvalue weighted by molar-refractivity contribution is 6.30. The third-order valence-electron chi connectivity index (χ3n) is 10.1. The lowest BCUT2D eigenvalue weighted by Gasteiger charge is -2.41. The fraction of sp³-hybridized carbons (Fsp3) is 0.463. The highest BCUT2D eigenvalue weighted by atomic mass is 35.5. The first-order valence-electron chi connectivity index (χ1n) is 16.1. The van der Waals surface area contributed by atoms with Gasteiger partial charge in [0.1, 0.15) is 0 Å². The molecule has 0 radical (unpaired) electrons. The van der Waals surface area contributed by atoms with Crippen LogP contribution in [0.3, 0.4) is 0 Å². The molecule has 0 aromatic heterocycles. The van der Waals surface area contributed by atoms with Gasteiger partial charge >= 0.3 is 0 Å². The maximum absolute atomic E-state index is 6.72. The van der Waals surface area contributed by atoms with Gasteiger partial charge in [0.2, 0.25) is 0 Å². The van der Waals surface area contributed by atoms with Crippen LogP contribution in [-0.2, 0) is 11.8 Å². The molecule has 0 saturated heterocycles. The van der Waals surface area contributed by atoms with Crippen LogP contribution in [0, 0.1) is 30.1 Å². The lowest BCUT2D eigenvalue weighted by Crippen LogP contribution is -2.30. The van der Waals surface area contributed by atoms with Gasteiger partial charge in [0.05, 0.1) is 0 Å². The first-order valence-corrected chi connectivity index (χ1v) is 16.5. The summed E-state index contributed by atoms with van der Waals surface area (Å²) in [6.45, 7) is 14.1. The Balaban J connectivity index is 1.55. The number of benzene rings is 2. The molecule has 2 aromatic rings. The van der Waals surface area contributed by atoms with Crippen LogP contribution in [0.25, 0.3) is 0 Å². The summed E-state index contributed by atoms with van der Waals surface area (Å²) in [7, 11) is 0. The van der Waals surface area contributed by atoms with Gasteiger partial charge in [-0.25, -0.2) is 0 Å². The second-order valence-corrected chi connectivity index (χ2v) is 14.9. The van der Waals surface area contributed by atoms with E-state index in [9.17, 15) is 0 Å². The minimum Gasteiger partial charge on any atom is -0.0979 e. The van der Waals surface area contributed by atoms with E-state index in [1.807, 2.05) is 6.08 Å². The molecule has 42 heavy (non-hydrogen) atoms. The summed E-state index contributed by atoms with van der Waals surface area (Å²) in [5.74, 6) is 8.03. The van der Waals surface area contributed by atoms with Gasteiger partial charge in [0, 0.05) is 17.4 Å². The number of aryl methyl sites for hydroxylation is 1. The Labute approximate surface area is 261 Å². The lowest BCUT2D eigenvalue weighted by atomic mass is 9.64. The molecule has 2 aromatic carbocycles. The van der Waals surface area contributed by atoms with Crippen LogP contribution in [0.4, 0.5) is 0 Å². The fourth-order valence-corrected chi connectivity index (χ4v) is 7.67. The van der Waals surface area contributed by atoms with Crippen molar-refractivity contribution < 1.29 is 0 Å². The van der Waals surface area contributed by atoms with Crippen LogP contribution in [-0.4, -0.2) is 0 Å². The molecule has 3 atom stereocenters. The Hall–Kier alpha value is -2.75. The van der Waals surface area contributed by atoms with Gasteiger partial charge in [0.25, 0.3) is 0 Å². The minimum absolute atomic E-state index is 0.108. The van der Waals surface area contributed by atoms with Crippen LogP contribution in [0.2, 0.25) is 5.02 Å². The average molecular weight is 577 g/mol. The predicted octanol–water partition coefficient (Wildman–Crippen LogP) is 11.7. The van der Waals surface area contributed by atoms with E-state index in [-0.39, 0.29) is 10.8 Å². The summed E-state index contributed by atoms with van der Waals surface area (Å²) in [6, 6.07) is 14.0. The molecule has 0 N–H and O–H groups in total. The smallest absolute Gasteiger partial charge is 0.0411 e. The molecule has 1 heteroatoms. The fourth-order valence-electron chi connectivity index (χ4n) is 7.37. The van der Waals surface area contributed by atoms with Crippen molar-refractivity contribution in [3.05, 3.63) is 117 Å². The Kier molecular flexibility index (Phi) is 9.40. The van der Waals surface area contributed by atoms with Gasteiger partial charge in [0.15, 0.2) is 0 Å². The normalized spacial score (nSPS) is 21.6. The first-order chi connectivity index (χ1) is 20.0. The van der Waals surface area contributed by atoms with Crippen molar-refractivity contribution in [1.29, 1.82) is 0 Å². The van der Waals surface area contributed by atoms with E-state index in [4.69, 9.17) is 11.6 Å². The summed E-state index contributed by atoms with van der Waals surface area (Å²) in [4.78, 5) is 0. The molecule has 0 fully saturated rings. The van der Waals surface area contributed by atoms with E-state index in [0.717, 1.165) is 37.1 Å². The zero-order valence-corrected chi connectivity index (χ0v) is 27.5. The summed E-state index contributed by atoms with van der Waals surface area (Å²) in [5.41, 5.74) is 10.5. The highest BCUT2D eigenvalue weighted by Crippen LogP contribution is 2.49. The Morgan fingerprint density at radius 3 is 2.57 bits per heavy atom. The van der Waals surface area contributed by atoms with Gasteiger partial charge in [-0.1, -0.05) is 124 Å². The van der Waals surface area contributed by atoms with Crippen molar-refractivity contribution in [3.63, 3.8) is 0 Å². The average Bonchev–Trinajstić information content (AvgIpc) is 3.25. The topological polar surface area (TPSA) is 0 Å². The monoisotopic (exact) mass is 576 g/mol. The van der Waals surface area contributed by atoms with Crippen LogP contribution >= 0.6 is 11.6 Å². The molecule has 0 heterocycles. The number of rotatable bonds is 7. The maximum Gasteiger partial charge on any atom is 0.0411 e. The zero-order valence-electron chi connectivity index (χ0n) is 26.7. The minimum atomic E-state index is 0.108. The van der Waals surface area contributed by atoms with E-state index in [2.05, 4.69) is 120 Å². The number of hydrogen-bond donors (Lipinski definition) is 0. The second kappa shape index (κ2) is 12.9. The molecule has 0 aliphatic heterocycles. The molecule has 5 rings (SSSR count). The van der Waals surface area contributed by atoms with Crippen LogP contribution in [0.5, 0.6) is 0 Å². The largest absolute Gasteiger partial charge is 0.0979 e. The van der Waals surface area contributed by atoms with Crippen LogP contribution in [0.1, 0.15) is 119 Å². The molecule has 0 nitrogen and oxygen atoms in total. The number of halogens is 1. The first kappa shape index (κ1) is 30.7. The molecule has 3 aliphatic rings. The molecule has 3 aliphatic carbocycles. The molecule has 220 valence electrons. The standard InChI is InChI=1S/C41H49Cl/c1-29-23-33(26-37(42)24-29)38(31-17-14-20-36(25-31)41(5,6)34-18-12-9-13-19-34)27-32-21-22-35(40(2,3)4)28-39(32)30-15-10-7-8-11-16-30/h7,9-10,12,17-18,21-24,26,28,30,36,38H,13-16,19-20,25,27H2,1-6H3. The maximum atomic E-state index is 6.72. The predicted molar refractivity (Wildman–Crippen MR) is 182 cm³/mol. The van der Waals surface area contributed by atoms with Crippen LogP contribution in [0.15, 0.2) is 84.0 Å². The van der Waals surface area contributed by atoms with Crippen molar-refractivity contribution in [1.82, 2.24) is 0 Å². The van der Waals surface area contributed by atoms with Crippen molar-refractivity contribution in [2.45, 2.75) is 110 Å². The summed E-state index contributed by atoms with van der Waals surface area (Å²) in [6.07, 6.45) is 22.7. The van der Waals surface area contributed by atoms with Gasteiger partial charge < -0.3 is 0 Å². The van der Waals surface area contributed by atoms with Crippen molar-refractivity contribution in [3.8, 4) is 11.8 Å². The Morgan fingerprint density at radius 1 is 1.00 bits per heavy atom. The third kappa shape index (κ3) is 7.06. The second-order valence-electron chi connectivity index (χ2n) is 14.5. The van der Waals surface area contributed by atoms with Gasteiger partial charge in [-0.05, 0) is 121 Å². The van der Waals surface area contributed by atoms with E-state index in [0.29, 0.717) is 17.8 Å². The molecular formula is C41H49Cl. The van der Waals surface area contributed by atoms with Gasteiger partial charge in [-0.3, -0.25) is 0 Å². The van der Waals surface area contributed by atoms with Crippen molar-refractivity contribution >= 4 is 11.6 Å². The van der Waals surface area contributed by atoms with E-state index in [1.54, 1.807) is 11.1 Å². The Morgan fingerprint density at radius 2 is 1.83 bits per heavy atom. The van der Waals surface area contributed by atoms with Crippen molar-refractivity contribution in [2.24, 2.45) is 11.3 Å². The summed E-state index contributed by atoms with van der Waals surface area (Å²) in [5, 5.41) is 0.843. The highest BCUT2D eigenvalue weighted by Gasteiger charge is 2.36. The molecular weight excluding hydrogens is 528 g/mol. The summed E-state index contributed by atoms with van der Waals surface area (Å²) >= 11 is 6.72. The lowest BCUT2D eigenvalue weighted by molar-refractivity contribution is 0.229. The quantitative estimate of drug-likeness (QED) is 0.227. The Bertz CT molecular complexity index is 1450. The van der Waals surface area contributed by atoms with E-state index < -0.39 is 0 Å². The van der Waals surface area contributed by atoms with E-state index in [1.165, 1.54) is 47.1 Å². The molecule has 0 bridgehead atoms. The van der Waals surface area contributed by atoms with Gasteiger partial charge in [-0.2, -0.15) is 0 Å². The number of hydrogen-bond acceptors (Lipinski definition) is 0. The molecule has 0 amide bonds. The number of allylic oxidation sites excluding steroid dienone is 8. The molecule has 0 spiro atoms. The van der Waals surface area contributed by atoms with Crippen molar-refractivity contribution in [2.75, 3.05) is 0 Å². The molecule has 0 saturated carbocycles. The third-order valence-corrected chi connectivity index (χ3v) is 10.3. The van der Waals surface area contributed by atoms with Crippen LogP contribution < -0.4 is 0 Å². The van der Waals surface area contributed by atoms with E-state index >= 15 is 0 Å². The van der Waals surface area contributed by atoms with Gasteiger partial charge in [-0.15, -0.1) is 0 Å². The molecule has 3 unspecified atom stereocenters. The summed E-state index contributed by atoms with van der Waals surface area (Å²) < 4.78 is 0.